The molecule has 2 aromatic carbocycles. The average molecular weight is 350 g/mol. The second-order valence-electron chi connectivity index (χ2n) is 5.79. The zero-order valence-electron chi connectivity index (χ0n) is 13.5. The predicted molar refractivity (Wildman–Crippen MR) is 100.0 cm³/mol. The molecule has 0 radical (unpaired) electrons. The van der Waals surface area contributed by atoms with E-state index in [9.17, 15) is 0 Å². The molecule has 1 aliphatic heterocycles. The molecule has 25 heavy (non-hydrogen) atoms. The minimum absolute atomic E-state index is 0.686. The van der Waals surface area contributed by atoms with Crippen molar-refractivity contribution in [3.63, 3.8) is 0 Å². The smallest absolute Gasteiger partial charge is 0.177 e. The fraction of sp³-hybridized carbons (Fsp3) is 0.111. The van der Waals surface area contributed by atoms with Crippen molar-refractivity contribution in [2.24, 2.45) is 5.10 Å². The van der Waals surface area contributed by atoms with E-state index >= 15 is 0 Å². The Kier molecular flexibility index (Phi) is 4.32. The van der Waals surface area contributed by atoms with E-state index < -0.39 is 0 Å². The lowest BCUT2D eigenvalue weighted by atomic mass is 10.2. The highest BCUT2D eigenvalue weighted by Gasteiger charge is 2.22. The second kappa shape index (κ2) is 6.92. The first-order valence-corrected chi connectivity index (χ1v) is 8.44. The van der Waals surface area contributed by atoms with Crippen molar-refractivity contribution in [3.05, 3.63) is 88.2 Å². The van der Waals surface area contributed by atoms with E-state index in [1.807, 2.05) is 52.3 Å². The topological polar surface area (TPSA) is 60.4 Å². The lowest BCUT2D eigenvalue weighted by Crippen LogP contribution is -2.40. The molecule has 0 atom stereocenters. The van der Waals surface area contributed by atoms with Gasteiger partial charge < -0.3 is 5.10 Å². The highest BCUT2D eigenvalue weighted by molar-refractivity contribution is 7.71. The van der Waals surface area contributed by atoms with Crippen LogP contribution in [0, 0.1) is 4.64 Å². The van der Waals surface area contributed by atoms with Gasteiger partial charge in [-0.25, -0.2) is 5.53 Å². The van der Waals surface area contributed by atoms with Gasteiger partial charge in [0.05, 0.1) is 18.7 Å². The van der Waals surface area contributed by atoms with Gasteiger partial charge in [-0.15, -0.1) is 10.6 Å². The van der Waals surface area contributed by atoms with Gasteiger partial charge in [0.25, 0.3) is 0 Å². The van der Waals surface area contributed by atoms with Crippen molar-refractivity contribution < 1.29 is 0 Å². The number of hydrogen-bond donors (Lipinski definition) is 3. The summed E-state index contributed by atoms with van der Waals surface area (Å²) >= 11 is 5.65. The first-order chi connectivity index (χ1) is 12.3. The van der Waals surface area contributed by atoms with E-state index in [4.69, 9.17) is 12.2 Å². The molecule has 0 fully saturated rings. The SMILES string of the molecule is S=c1c(C2=NNNN2Cc2ccccc2)c[nH]n1Cc1ccccc1. The fourth-order valence-electron chi connectivity index (χ4n) is 2.79. The number of amidine groups is 1. The Labute approximate surface area is 150 Å². The molecule has 0 spiro atoms. The third-order valence-corrected chi connectivity index (χ3v) is 4.49. The molecule has 6 nitrogen and oxygen atoms in total. The molecule has 0 saturated heterocycles. The number of nitrogens with zero attached hydrogens (tertiary/aromatic N) is 3. The van der Waals surface area contributed by atoms with Crippen molar-refractivity contribution in [1.29, 1.82) is 0 Å². The van der Waals surface area contributed by atoms with Crippen LogP contribution in [-0.2, 0) is 13.1 Å². The minimum atomic E-state index is 0.686. The van der Waals surface area contributed by atoms with Crippen molar-refractivity contribution >= 4 is 18.1 Å². The van der Waals surface area contributed by atoms with Crippen LogP contribution in [0.1, 0.15) is 16.7 Å². The summed E-state index contributed by atoms with van der Waals surface area (Å²) in [4.78, 5) is 0. The summed E-state index contributed by atoms with van der Waals surface area (Å²) in [6.45, 7) is 1.39. The molecular weight excluding hydrogens is 332 g/mol. The summed E-state index contributed by atoms with van der Waals surface area (Å²) in [5, 5.41) is 9.53. The largest absolute Gasteiger partial charge is 0.304 e. The highest BCUT2D eigenvalue weighted by atomic mass is 32.1. The summed E-state index contributed by atoms with van der Waals surface area (Å²) in [6, 6.07) is 20.5. The first-order valence-electron chi connectivity index (χ1n) is 8.03. The van der Waals surface area contributed by atoms with Crippen LogP contribution in [0.4, 0.5) is 0 Å². The van der Waals surface area contributed by atoms with Crippen LogP contribution in [0.3, 0.4) is 0 Å². The van der Waals surface area contributed by atoms with E-state index in [0.717, 1.165) is 16.0 Å². The summed E-state index contributed by atoms with van der Waals surface area (Å²) in [7, 11) is 0. The Morgan fingerprint density at radius 3 is 2.20 bits per heavy atom. The van der Waals surface area contributed by atoms with Gasteiger partial charge in [0.1, 0.15) is 4.64 Å². The molecule has 0 unspecified atom stereocenters. The Bertz CT molecular complexity index is 929. The molecular formula is C18H18N6S. The molecule has 3 aromatic rings. The Morgan fingerprint density at radius 1 is 0.880 bits per heavy atom. The molecule has 0 saturated carbocycles. The third-order valence-electron chi connectivity index (χ3n) is 4.05. The molecule has 3 N–H and O–H groups in total. The lowest BCUT2D eigenvalue weighted by molar-refractivity contribution is 0.288. The molecule has 2 heterocycles. The molecule has 0 bridgehead atoms. The summed E-state index contributed by atoms with van der Waals surface area (Å²) in [6.07, 6.45) is 1.90. The van der Waals surface area contributed by atoms with Crippen LogP contribution in [0.25, 0.3) is 0 Å². The molecule has 1 aromatic heterocycles. The van der Waals surface area contributed by atoms with Crippen molar-refractivity contribution in [2.45, 2.75) is 13.1 Å². The number of nitrogens with one attached hydrogen (secondary N) is 3. The second-order valence-corrected chi connectivity index (χ2v) is 6.18. The zero-order valence-corrected chi connectivity index (χ0v) is 14.3. The van der Waals surface area contributed by atoms with Gasteiger partial charge in [0.2, 0.25) is 0 Å². The van der Waals surface area contributed by atoms with Gasteiger partial charge in [-0.1, -0.05) is 72.9 Å². The number of rotatable bonds is 5. The number of aromatic amines is 1. The van der Waals surface area contributed by atoms with Crippen LogP contribution in [-0.4, -0.2) is 20.6 Å². The predicted octanol–water partition coefficient (Wildman–Crippen LogP) is 2.78. The number of aromatic nitrogens is 2. The normalized spacial score (nSPS) is 13.6. The van der Waals surface area contributed by atoms with Gasteiger partial charge in [-0.2, -0.15) is 0 Å². The van der Waals surface area contributed by atoms with Gasteiger partial charge in [-0.05, 0) is 11.1 Å². The van der Waals surface area contributed by atoms with E-state index in [1.54, 1.807) is 0 Å². The average Bonchev–Trinajstić information content (AvgIpc) is 3.24. The minimum Gasteiger partial charge on any atom is -0.304 e. The van der Waals surface area contributed by atoms with E-state index in [1.165, 1.54) is 11.1 Å². The Balaban J connectivity index is 1.56. The van der Waals surface area contributed by atoms with Gasteiger partial charge in [0.15, 0.2) is 5.84 Å². The Hall–Kier alpha value is -2.90. The fourth-order valence-corrected chi connectivity index (χ4v) is 3.06. The molecule has 0 amide bonds. The van der Waals surface area contributed by atoms with Crippen molar-refractivity contribution in [2.75, 3.05) is 0 Å². The van der Waals surface area contributed by atoms with Crippen LogP contribution in [0.15, 0.2) is 72.0 Å². The lowest BCUT2D eigenvalue weighted by Gasteiger charge is -2.18. The van der Waals surface area contributed by atoms with Crippen molar-refractivity contribution in [1.82, 2.24) is 25.9 Å². The van der Waals surface area contributed by atoms with Crippen LogP contribution < -0.4 is 11.1 Å². The number of hydrazine groups is 2. The quantitative estimate of drug-likeness (QED) is 0.619. The van der Waals surface area contributed by atoms with E-state index in [-0.39, 0.29) is 0 Å². The molecule has 1 aliphatic rings. The number of hydrazone groups is 1. The number of H-pyrrole nitrogens is 1. The molecule has 7 heteroatoms. The molecule has 4 rings (SSSR count). The zero-order chi connectivity index (χ0) is 17.1. The highest BCUT2D eigenvalue weighted by Crippen LogP contribution is 2.13. The van der Waals surface area contributed by atoms with Crippen molar-refractivity contribution in [3.8, 4) is 0 Å². The standard InChI is InChI=1S/C18H18N6S/c25-18-16(11-19-24(18)13-15-9-5-2-6-10-15)17-20-21-22-23(17)12-14-7-3-1-4-8-14/h1-11,19,21-22H,12-13H2. The monoisotopic (exact) mass is 350 g/mol. The summed E-state index contributed by atoms with van der Waals surface area (Å²) < 4.78 is 2.67. The molecule has 126 valence electrons. The van der Waals surface area contributed by atoms with Gasteiger partial charge >= 0.3 is 0 Å². The number of hydrogen-bond acceptors (Lipinski definition) is 5. The summed E-state index contributed by atoms with van der Waals surface area (Å²) in [5.41, 5.74) is 9.14. The van der Waals surface area contributed by atoms with E-state index in [0.29, 0.717) is 13.1 Å². The van der Waals surface area contributed by atoms with Gasteiger partial charge in [-0.3, -0.25) is 9.69 Å². The van der Waals surface area contributed by atoms with Crippen LogP contribution >= 0.6 is 12.2 Å². The van der Waals surface area contributed by atoms with Gasteiger partial charge in [0, 0.05) is 6.20 Å². The summed E-state index contributed by atoms with van der Waals surface area (Å²) in [5.74, 6) is 0.775. The maximum atomic E-state index is 5.65. The molecule has 0 aliphatic carbocycles. The maximum Gasteiger partial charge on any atom is 0.177 e. The Morgan fingerprint density at radius 2 is 1.52 bits per heavy atom. The maximum absolute atomic E-state index is 5.65. The van der Waals surface area contributed by atoms with E-state index in [2.05, 4.69) is 45.5 Å². The third kappa shape index (κ3) is 3.33. The van der Waals surface area contributed by atoms with Crippen LogP contribution in [0.5, 0.6) is 0 Å². The first kappa shape index (κ1) is 15.6. The number of benzene rings is 2. The van der Waals surface area contributed by atoms with Crippen LogP contribution in [0.2, 0.25) is 0 Å².